The molecule has 2 aromatic rings. The van der Waals surface area contributed by atoms with Crippen molar-refractivity contribution < 1.29 is 0 Å². The van der Waals surface area contributed by atoms with Gasteiger partial charge in [0.15, 0.2) is 0 Å². The normalized spacial score (nSPS) is 11.6. The molecule has 0 aliphatic rings. The van der Waals surface area contributed by atoms with E-state index in [1.807, 2.05) is 11.7 Å². The van der Waals surface area contributed by atoms with Crippen LogP contribution < -0.4 is 0 Å². The summed E-state index contributed by atoms with van der Waals surface area (Å²) < 4.78 is 0. The zero-order valence-electron chi connectivity index (χ0n) is 9.27. The highest BCUT2D eigenvalue weighted by atomic mass is 79.9. The zero-order chi connectivity index (χ0) is 12.1. The highest BCUT2D eigenvalue weighted by molar-refractivity contribution is 9.09. The van der Waals surface area contributed by atoms with Crippen LogP contribution >= 0.6 is 43.2 Å². The predicted octanol–water partition coefficient (Wildman–Crippen LogP) is 4.41. The first-order valence-electron chi connectivity index (χ1n) is 5.35. The van der Waals surface area contributed by atoms with E-state index in [1.165, 1.54) is 10.4 Å². The first-order valence-corrected chi connectivity index (χ1v) is 8.48. The molecule has 0 spiro atoms. The van der Waals surface area contributed by atoms with E-state index in [0.717, 1.165) is 17.1 Å². The lowest BCUT2D eigenvalue weighted by molar-refractivity contribution is 0.555. The minimum absolute atomic E-state index is 0.105. The minimum atomic E-state index is 0.105. The van der Waals surface area contributed by atoms with Crippen LogP contribution in [0.15, 0.2) is 42.0 Å². The van der Waals surface area contributed by atoms with Gasteiger partial charge in [0.05, 0.1) is 5.51 Å². The van der Waals surface area contributed by atoms with Gasteiger partial charge in [0.25, 0.3) is 0 Å². The third-order valence-electron chi connectivity index (χ3n) is 2.89. The second kappa shape index (κ2) is 6.12. The van der Waals surface area contributed by atoms with E-state index in [1.54, 1.807) is 11.3 Å². The Morgan fingerprint density at radius 3 is 2.35 bits per heavy atom. The van der Waals surface area contributed by atoms with Crippen molar-refractivity contribution in [3.05, 3.63) is 52.5 Å². The van der Waals surface area contributed by atoms with Crippen LogP contribution in [0.25, 0.3) is 0 Å². The fourth-order valence-electron chi connectivity index (χ4n) is 1.84. The molecule has 0 aliphatic heterocycles. The fraction of sp³-hybridized carbons (Fsp3) is 0.308. The van der Waals surface area contributed by atoms with Crippen LogP contribution in [0.2, 0.25) is 0 Å². The summed E-state index contributed by atoms with van der Waals surface area (Å²) in [5.74, 6) is 0. The maximum absolute atomic E-state index is 4.16. The molecule has 1 aromatic heterocycles. The summed E-state index contributed by atoms with van der Waals surface area (Å²) in [6.07, 6.45) is 2.98. The van der Waals surface area contributed by atoms with Gasteiger partial charge in [-0.3, -0.25) is 4.98 Å². The molecule has 0 N–H and O–H groups in total. The maximum atomic E-state index is 4.16. The van der Waals surface area contributed by atoms with Crippen molar-refractivity contribution in [1.29, 1.82) is 0 Å². The van der Waals surface area contributed by atoms with Gasteiger partial charge in [0, 0.05) is 27.1 Å². The summed E-state index contributed by atoms with van der Waals surface area (Å²) >= 11 is 9.06. The first-order chi connectivity index (χ1) is 8.30. The minimum Gasteiger partial charge on any atom is -0.253 e. The molecule has 0 saturated carbocycles. The SMILES string of the molecule is BrCC(CBr)(Cc1cncs1)c1ccccc1. The van der Waals surface area contributed by atoms with Crippen LogP contribution in [0.5, 0.6) is 0 Å². The molecule has 0 unspecified atom stereocenters. The molecule has 0 radical (unpaired) electrons. The molecule has 0 amide bonds. The fourth-order valence-corrected chi connectivity index (χ4v) is 4.55. The first kappa shape index (κ1) is 13.2. The molecule has 2 rings (SSSR count). The Morgan fingerprint density at radius 1 is 1.12 bits per heavy atom. The lowest BCUT2D eigenvalue weighted by atomic mass is 9.81. The summed E-state index contributed by atoms with van der Waals surface area (Å²) in [5.41, 5.74) is 3.36. The Labute approximate surface area is 123 Å². The molecule has 0 fully saturated rings. The summed E-state index contributed by atoms with van der Waals surface area (Å²) in [4.78, 5) is 5.48. The van der Waals surface area contributed by atoms with Crippen molar-refractivity contribution in [2.45, 2.75) is 11.8 Å². The van der Waals surface area contributed by atoms with E-state index in [2.05, 4.69) is 67.2 Å². The Balaban J connectivity index is 2.32. The largest absolute Gasteiger partial charge is 0.253 e. The van der Waals surface area contributed by atoms with Gasteiger partial charge < -0.3 is 0 Å². The summed E-state index contributed by atoms with van der Waals surface area (Å²) in [7, 11) is 0. The van der Waals surface area contributed by atoms with E-state index < -0.39 is 0 Å². The molecule has 17 heavy (non-hydrogen) atoms. The van der Waals surface area contributed by atoms with Gasteiger partial charge in [-0.25, -0.2) is 0 Å². The summed E-state index contributed by atoms with van der Waals surface area (Å²) in [6, 6.07) is 10.7. The van der Waals surface area contributed by atoms with Gasteiger partial charge in [0.2, 0.25) is 0 Å². The van der Waals surface area contributed by atoms with Crippen molar-refractivity contribution in [3.8, 4) is 0 Å². The standard InChI is InChI=1S/C13H13Br2NS/c14-8-13(9-15,6-12-7-16-10-17-12)11-4-2-1-3-5-11/h1-5,7,10H,6,8-9H2. The Morgan fingerprint density at radius 2 is 1.82 bits per heavy atom. The number of halogens is 2. The van der Waals surface area contributed by atoms with Crippen LogP contribution in [-0.4, -0.2) is 15.6 Å². The molecular formula is C13H13Br2NS. The highest BCUT2D eigenvalue weighted by Gasteiger charge is 2.30. The average molecular weight is 375 g/mol. The quantitative estimate of drug-likeness (QED) is 0.706. The maximum Gasteiger partial charge on any atom is 0.0794 e. The van der Waals surface area contributed by atoms with Crippen LogP contribution in [0, 0.1) is 0 Å². The number of benzene rings is 1. The van der Waals surface area contributed by atoms with E-state index in [9.17, 15) is 0 Å². The van der Waals surface area contributed by atoms with Gasteiger partial charge in [-0.2, -0.15) is 0 Å². The third kappa shape index (κ3) is 2.98. The highest BCUT2D eigenvalue weighted by Crippen LogP contribution is 2.33. The lowest BCUT2D eigenvalue weighted by Crippen LogP contribution is -2.32. The monoisotopic (exact) mass is 373 g/mol. The molecule has 0 bridgehead atoms. The molecule has 1 aromatic carbocycles. The van der Waals surface area contributed by atoms with Crippen molar-refractivity contribution in [2.24, 2.45) is 0 Å². The van der Waals surface area contributed by atoms with E-state index >= 15 is 0 Å². The number of nitrogens with zero attached hydrogens (tertiary/aromatic N) is 1. The average Bonchev–Trinajstić information content (AvgIpc) is 2.90. The summed E-state index contributed by atoms with van der Waals surface area (Å²) in [6.45, 7) is 0. The number of hydrogen-bond donors (Lipinski definition) is 0. The molecule has 1 nitrogen and oxygen atoms in total. The van der Waals surface area contributed by atoms with Crippen LogP contribution in [0.3, 0.4) is 0 Å². The van der Waals surface area contributed by atoms with Crippen LogP contribution in [-0.2, 0) is 11.8 Å². The van der Waals surface area contributed by atoms with Gasteiger partial charge in [0.1, 0.15) is 0 Å². The van der Waals surface area contributed by atoms with E-state index in [4.69, 9.17) is 0 Å². The number of hydrogen-bond acceptors (Lipinski definition) is 2. The number of thiazole rings is 1. The predicted molar refractivity (Wildman–Crippen MR) is 81.5 cm³/mol. The third-order valence-corrected chi connectivity index (χ3v) is 5.82. The van der Waals surface area contributed by atoms with E-state index in [0.29, 0.717) is 0 Å². The topological polar surface area (TPSA) is 12.9 Å². The molecule has 0 aliphatic carbocycles. The number of rotatable bonds is 5. The molecule has 1 heterocycles. The number of aromatic nitrogens is 1. The van der Waals surface area contributed by atoms with Gasteiger partial charge in [-0.1, -0.05) is 62.2 Å². The number of alkyl halides is 2. The molecule has 0 saturated heterocycles. The van der Waals surface area contributed by atoms with Crippen molar-refractivity contribution in [2.75, 3.05) is 10.7 Å². The van der Waals surface area contributed by atoms with Gasteiger partial charge in [-0.05, 0) is 12.0 Å². The summed E-state index contributed by atoms with van der Waals surface area (Å²) in [5, 5.41) is 1.88. The Hall–Kier alpha value is -0.190. The zero-order valence-corrected chi connectivity index (χ0v) is 13.3. The Kier molecular flexibility index (Phi) is 4.77. The van der Waals surface area contributed by atoms with Crippen molar-refractivity contribution in [3.63, 3.8) is 0 Å². The second-order valence-electron chi connectivity index (χ2n) is 4.06. The molecule has 90 valence electrons. The van der Waals surface area contributed by atoms with E-state index in [-0.39, 0.29) is 5.41 Å². The lowest BCUT2D eigenvalue weighted by Gasteiger charge is -2.30. The molecule has 0 atom stereocenters. The molecule has 4 heteroatoms. The smallest absolute Gasteiger partial charge is 0.0794 e. The van der Waals surface area contributed by atoms with Gasteiger partial charge >= 0.3 is 0 Å². The van der Waals surface area contributed by atoms with Gasteiger partial charge in [-0.15, -0.1) is 11.3 Å². The Bertz CT molecular complexity index is 438. The van der Waals surface area contributed by atoms with Crippen LogP contribution in [0.1, 0.15) is 10.4 Å². The molecular weight excluding hydrogens is 362 g/mol. The van der Waals surface area contributed by atoms with Crippen molar-refractivity contribution >= 4 is 43.2 Å². The van der Waals surface area contributed by atoms with Crippen molar-refractivity contribution in [1.82, 2.24) is 4.98 Å². The second-order valence-corrected chi connectivity index (χ2v) is 6.15. The van der Waals surface area contributed by atoms with Crippen LogP contribution in [0.4, 0.5) is 0 Å².